The van der Waals surface area contributed by atoms with E-state index in [0.29, 0.717) is 44.2 Å². The summed E-state index contributed by atoms with van der Waals surface area (Å²) in [6, 6.07) is 7.11. The van der Waals surface area contributed by atoms with E-state index in [1.165, 1.54) is 0 Å². The molecule has 7 nitrogen and oxygen atoms in total. The lowest BCUT2D eigenvalue weighted by Gasteiger charge is -2.34. The topological polar surface area (TPSA) is 79.3 Å². The van der Waals surface area contributed by atoms with Crippen LogP contribution in [0.25, 0.3) is 0 Å². The molecule has 0 bridgehead atoms. The van der Waals surface area contributed by atoms with Gasteiger partial charge in [-0.05, 0) is 19.2 Å². The summed E-state index contributed by atoms with van der Waals surface area (Å²) in [5, 5.41) is 8.84. The van der Waals surface area contributed by atoms with Crippen molar-refractivity contribution in [3.63, 3.8) is 0 Å². The number of benzene rings is 1. The first-order valence-corrected chi connectivity index (χ1v) is 8.15. The van der Waals surface area contributed by atoms with Crippen LogP contribution in [0.1, 0.15) is 10.4 Å². The Morgan fingerprint density at radius 2 is 2.24 bits per heavy atom. The van der Waals surface area contributed by atoms with Gasteiger partial charge in [-0.1, -0.05) is 24.8 Å². The molecule has 1 aliphatic heterocycles. The van der Waals surface area contributed by atoms with Crippen molar-refractivity contribution in [3.05, 3.63) is 42.5 Å². The number of carboxylic acids is 1. The Hall–Kier alpha value is -2.38. The second kappa shape index (κ2) is 9.19. The van der Waals surface area contributed by atoms with Gasteiger partial charge in [-0.2, -0.15) is 0 Å². The first kappa shape index (κ1) is 19.0. The van der Waals surface area contributed by atoms with E-state index in [0.717, 1.165) is 0 Å². The maximum absolute atomic E-state index is 12.8. The number of carbonyl (C=O) groups is 2. The van der Waals surface area contributed by atoms with E-state index in [1.807, 2.05) is 6.07 Å². The maximum atomic E-state index is 12.8. The lowest BCUT2D eigenvalue weighted by atomic mass is 10.1. The molecule has 0 aliphatic carbocycles. The average molecular weight is 348 g/mol. The fourth-order valence-electron chi connectivity index (χ4n) is 2.75. The number of carbonyl (C=O) groups excluding carboxylic acids is 1. The zero-order chi connectivity index (χ0) is 18.2. The molecular weight excluding hydrogens is 324 g/mol. The molecule has 2 rings (SSSR count). The van der Waals surface area contributed by atoms with Gasteiger partial charge in [0, 0.05) is 19.6 Å². The van der Waals surface area contributed by atoms with Gasteiger partial charge in [0.15, 0.2) is 0 Å². The number of rotatable bonds is 8. The molecule has 0 radical (unpaired) electrons. The molecule has 1 N–H and O–H groups in total. The summed E-state index contributed by atoms with van der Waals surface area (Å²) >= 11 is 0. The van der Waals surface area contributed by atoms with Crippen LogP contribution < -0.4 is 4.74 Å². The first-order valence-electron chi connectivity index (χ1n) is 8.15. The third-order valence-corrected chi connectivity index (χ3v) is 3.82. The van der Waals surface area contributed by atoms with Crippen LogP contribution in [0.3, 0.4) is 0 Å². The van der Waals surface area contributed by atoms with E-state index in [2.05, 4.69) is 6.58 Å². The van der Waals surface area contributed by atoms with Crippen molar-refractivity contribution in [2.45, 2.75) is 6.10 Å². The Labute approximate surface area is 147 Å². The predicted octanol–water partition coefficient (Wildman–Crippen LogP) is 1.11. The van der Waals surface area contributed by atoms with Crippen molar-refractivity contribution in [1.29, 1.82) is 0 Å². The predicted molar refractivity (Wildman–Crippen MR) is 92.9 cm³/mol. The van der Waals surface area contributed by atoms with E-state index in [1.54, 1.807) is 41.1 Å². The number of aliphatic carboxylic acids is 1. The number of nitrogens with zero attached hydrogens (tertiary/aromatic N) is 2. The molecule has 1 fully saturated rings. The zero-order valence-electron chi connectivity index (χ0n) is 14.4. The van der Waals surface area contributed by atoms with Crippen LogP contribution in [0.15, 0.2) is 36.9 Å². The highest BCUT2D eigenvalue weighted by Gasteiger charge is 2.27. The SMILES string of the molecule is C=CCOc1ccccc1C(=O)N1CCOC(CN(C)CC(=O)O)C1. The number of carboxylic acid groups (broad SMARTS) is 1. The van der Waals surface area contributed by atoms with E-state index in [4.69, 9.17) is 14.6 Å². The number of hydrogen-bond acceptors (Lipinski definition) is 5. The monoisotopic (exact) mass is 348 g/mol. The van der Waals surface area contributed by atoms with Crippen LogP contribution in [-0.2, 0) is 9.53 Å². The number of morpholine rings is 1. The number of para-hydroxylation sites is 1. The molecule has 0 saturated carbocycles. The molecular formula is C18H24N2O5. The Kier molecular flexibility index (Phi) is 6.97. The summed E-state index contributed by atoms with van der Waals surface area (Å²) < 4.78 is 11.2. The average Bonchev–Trinajstić information content (AvgIpc) is 2.59. The molecule has 0 spiro atoms. The molecule has 7 heteroatoms. The van der Waals surface area contributed by atoms with Crippen molar-refractivity contribution in [2.24, 2.45) is 0 Å². The van der Waals surface area contributed by atoms with E-state index < -0.39 is 5.97 Å². The third-order valence-electron chi connectivity index (χ3n) is 3.82. The lowest BCUT2D eigenvalue weighted by Crippen LogP contribution is -2.49. The molecule has 1 amide bonds. The second-order valence-electron chi connectivity index (χ2n) is 5.93. The minimum atomic E-state index is -0.889. The van der Waals surface area contributed by atoms with Gasteiger partial charge in [0.2, 0.25) is 0 Å². The van der Waals surface area contributed by atoms with Crippen LogP contribution in [-0.4, -0.2) is 79.3 Å². The fourth-order valence-corrected chi connectivity index (χ4v) is 2.75. The van der Waals surface area contributed by atoms with Gasteiger partial charge in [0.1, 0.15) is 12.4 Å². The molecule has 1 aromatic rings. The zero-order valence-corrected chi connectivity index (χ0v) is 14.4. The summed E-state index contributed by atoms with van der Waals surface area (Å²) in [5.41, 5.74) is 0.504. The van der Waals surface area contributed by atoms with Gasteiger partial charge in [0.05, 0.1) is 24.8 Å². The number of hydrogen-bond donors (Lipinski definition) is 1. The summed E-state index contributed by atoms with van der Waals surface area (Å²) in [6.45, 7) is 5.66. The second-order valence-corrected chi connectivity index (χ2v) is 5.93. The molecule has 136 valence electrons. The Morgan fingerprint density at radius 3 is 2.96 bits per heavy atom. The summed E-state index contributed by atoms with van der Waals surface area (Å²) in [4.78, 5) is 27.0. The number of amides is 1. The van der Waals surface area contributed by atoms with Crippen LogP contribution in [0, 0.1) is 0 Å². The quantitative estimate of drug-likeness (QED) is 0.709. The normalized spacial score (nSPS) is 17.4. The first-order chi connectivity index (χ1) is 12.0. The van der Waals surface area contributed by atoms with Crippen molar-refractivity contribution in [1.82, 2.24) is 9.80 Å². The lowest BCUT2D eigenvalue weighted by molar-refractivity contribution is -0.138. The molecule has 25 heavy (non-hydrogen) atoms. The van der Waals surface area contributed by atoms with Gasteiger partial charge in [-0.15, -0.1) is 0 Å². The van der Waals surface area contributed by atoms with Crippen LogP contribution in [0.5, 0.6) is 5.75 Å². The van der Waals surface area contributed by atoms with Crippen molar-refractivity contribution in [2.75, 3.05) is 46.4 Å². The summed E-state index contributed by atoms with van der Waals surface area (Å²) in [7, 11) is 1.72. The fraction of sp³-hybridized carbons (Fsp3) is 0.444. The van der Waals surface area contributed by atoms with Crippen LogP contribution >= 0.6 is 0 Å². The number of likely N-dealkylation sites (N-methyl/N-ethyl adjacent to an activating group) is 1. The summed E-state index contributed by atoms with van der Waals surface area (Å²) in [6.07, 6.45) is 1.41. The molecule has 1 saturated heterocycles. The van der Waals surface area contributed by atoms with E-state index in [9.17, 15) is 9.59 Å². The van der Waals surface area contributed by atoms with Crippen molar-refractivity contribution in [3.8, 4) is 5.75 Å². The smallest absolute Gasteiger partial charge is 0.317 e. The summed E-state index contributed by atoms with van der Waals surface area (Å²) in [5.74, 6) is -0.480. The van der Waals surface area contributed by atoms with Gasteiger partial charge >= 0.3 is 5.97 Å². The molecule has 1 atom stereocenters. The van der Waals surface area contributed by atoms with Crippen LogP contribution in [0.4, 0.5) is 0 Å². The van der Waals surface area contributed by atoms with Gasteiger partial charge in [-0.3, -0.25) is 14.5 Å². The molecule has 0 aromatic heterocycles. The van der Waals surface area contributed by atoms with Gasteiger partial charge in [-0.25, -0.2) is 0 Å². The molecule has 1 aliphatic rings. The maximum Gasteiger partial charge on any atom is 0.317 e. The number of ether oxygens (including phenoxy) is 2. The molecule has 1 aromatic carbocycles. The van der Waals surface area contributed by atoms with E-state index in [-0.39, 0.29) is 18.6 Å². The van der Waals surface area contributed by atoms with Crippen LogP contribution in [0.2, 0.25) is 0 Å². The van der Waals surface area contributed by atoms with E-state index >= 15 is 0 Å². The minimum Gasteiger partial charge on any atom is -0.489 e. The largest absolute Gasteiger partial charge is 0.489 e. The van der Waals surface area contributed by atoms with Gasteiger partial charge in [0.25, 0.3) is 5.91 Å². The molecule has 1 heterocycles. The minimum absolute atomic E-state index is 0.0635. The Bertz CT molecular complexity index is 619. The van der Waals surface area contributed by atoms with Gasteiger partial charge < -0.3 is 19.5 Å². The Morgan fingerprint density at radius 1 is 1.48 bits per heavy atom. The molecule has 1 unspecified atom stereocenters. The highest BCUT2D eigenvalue weighted by molar-refractivity contribution is 5.97. The van der Waals surface area contributed by atoms with Crippen molar-refractivity contribution < 1.29 is 24.2 Å². The highest BCUT2D eigenvalue weighted by atomic mass is 16.5. The highest BCUT2D eigenvalue weighted by Crippen LogP contribution is 2.21. The third kappa shape index (κ3) is 5.58. The Balaban J connectivity index is 2.02. The standard InChI is InChI=1S/C18H24N2O5/c1-3-9-25-16-7-5-4-6-15(16)18(23)20-8-10-24-14(12-20)11-19(2)13-17(21)22/h3-7,14H,1,8-13H2,2H3,(H,21,22). The van der Waals surface area contributed by atoms with Crippen molar-refractivity contribution >= 4 is 11.9 Å².